The first-order valence-corrected chi connectivity index (χ1v) is 8.57. The zero-order chi connectivity index (χ0) is 18.7. The maximum absolute atomic E-state index is 12.5. The number of carbonyl (C=O) groups excluding carboxylic acids is 2. The molecular formula is C19H22N2O5. The number of hydrogen-bond acceptors (Lipinski definition) is 6. The number of carbonyl (C=O) groups is 2. The van der Waals surface area contributed by atoms with E-state index in [-0.39, 0.29) is 30.3 Å². The Hall–Kier alpha value is -2.67. The van der Waals surface area contributed by atoms with Gasteiger partial charge in [0.05, 0.1) is 12.2 Å². The molecule has 7 heteroatoms. The van der Waals surface area contributed by atoms with E-state index < -0.39 is 5.97 Å². The Bertz CT molecular complexity index is 776. The first kappa shape index (κ1) is 18.1. The van der Waals surface area contributed by atoms with Crippen molar-refractivity contribution in [1.29, 1.82) is 0 Å². The summed E-state index contributed by atoms with van der Waals surface area (Å²) in [7, 11) is 0. The number of hydrogen-bond donors (Lipinski definition) is 0. The summed E-state index contributed by atoms with van der Waals surface area (Å²) >= 11 is 0. The van der Waals surface area contributed by atoms with Gasteiger partial charge in [0.15, 0.2) is 6.61 Å². The molecule has 0 bridgehead atoms. The number of benzene rings is 1. The van der Waals surface area contributed by atoms with Crippen molar-refractivity contribution < 1.29 is 23.6 Å². The number of amides is 1. The molecule has 2 heterocycles. The van der Waals surface area contributed by atoms with E-state index in [0.29, 0.717) is 24.5 Å². The van der Waals surface area contributed by atoms with E-state index in [1.807, 2.05) is 44.2 Å². The third kappa shape index (κ3) is 3.94. The van der Waals surface area contributed by atoms with Crippen LogP contribution < -0.4 is 0 Å². The second kappa shape index (κ2) is 7.70. The molecule has 0 N–H and O–H groups in total. The molecule has 2 atom stereocenters. The minimum absolute atomic E-state index is 0.0385. The summed E-state index contributed by atoms with van der Waals surface area (Å²) in [5, 5.41) is 3.96. The Morgan fingerprint density at radius 3 is 2.50 bits per heavy atom. The standard InChI is InChI=1S/C19H22N2O5/c1-12-9-21(10-13(2)25-12)16(22)11-24-19(23)17-14(3)26-20-18(17)15-7-5-4-6-8-15/h4-8,12-13H,9-11H2,1-3H3/t12-,13+. The van der Waals surface area contributed by atoms with E-state index in [1.165, 1.54) is 0 Å². The Balaban J connectivity index is 1.68. The Morgan fingerprint density at radius 1 is 1.19 bits per heavy atom. The molecule has 1 amide bonds. The molecule has 26 heavy (non-hydrogen) atoms. The molecule has 3 rings (SSSR count). The minimum Gasteiger partial charge on any atom is -0.452 e. The quantitative estimate of drug-likeness (QED) is 0.781. The van der Waals surface area contributed by atoms with Gasteiger partial charge in [-0.2, -0.15) is 0 Å². The number of rotatable bonds is 4. The van der Waals surface area contributed by atoms with Crippen molar-refractivity contribution in [3.8, 4) is 11.3 Å². The average Bonchev–Trinajstić information content (AvgIpc) is 3.01. The average molecular weight is 358 g/mol. The highest BCUT2D eigenvalue weighted by atomic mass is 16.5. The van der Waals surface area contributed by atoms with Crippen molar-refractivity contribution in [1.82, 2.24) is 10.1 Å². The van der Waals surface area contributed by atoms with Gasteiger partial charge in [-0.1, -0.05) is 35.5 Å². The summed E-state index contributed by atoms with van der Waals surface area (Å²) in [5.74, 6) is -0.504. The summed E-state index contributed by atoms with van der Waals surface area (Å²) in [6.07, 6.45) is -0.0770. The second-order valence-corrected chi connectivity index (χ2v) is 6.46. The smallest absolute Gasteiger partial charge is 0.344 e. The molecule has 1 aromatic heterocycles. The van der Waals surface area contributed by atoms with Crippen LogP contribution in [0.2, 0.25) is 0 Å². The highest BCUT2D eigenvalue weighted by Crippen LogP contribution is 2.25. The van der Waals surface area contributed by atoms with Crippen LogP contribution in [0.3, 0.4) is 0 Å². The van der Waals surface area contributed by atoms with E-state index in [2.05, 4.69) is 5.16 Å². The Kier molecular flexibility index (Phi) is 5.37. The first-order valence-electron chi connectivity index (χ1n) is 8.57. The maximum Gasteiger partial charge on any atom is 0.344 e. The predicted molar refractivity (Wildman–Crippen MR) is 93.5 cm³/mol. The van der Waals surface area contributed by atoms with Gasteiger partial charge < -0.3 is 18.9 Å². The van der Waals surface area contributed by atoms with Crippen molar-refractivity contribution in [2.75, 3.05) is 19.7 Å². The van der Waals surface area contributed by atoms with Gasteiger partial charge in [-0.15, -0.1) is 0 Å². The topological polar surface area (TPSA) is 81.9 Å². The summed E-state index contributed by atoms with van der Waals surface area (Å²) in [6, 6.07) is 9.22. The minimum atomic E-state index is -0.620. The largest absolute Gasteiger partial charge is 0.452 e. The number of nitrogens with zero attached hydrogens (tertiary/aromatic N) is 2. The highest BCUT2D eigenvalue weighted by Gasteiger charge is 2.28. The molecule has 0 unspecified atom stereocenters. The Labute approximate surface area is 151 Å². The molecular weight excluding hydrogens is 336 g/mol. The summed E-state index contributed by atoms with van der Waals surface area (Å²) in [4.78, 5) is 26.5. The number of esters is 1. The maximum atomic E-state index is 12.5. The molecule has 0 aliphatic carbocycles. The van der Waals surface area contributed by atoms with Crippen LogP contribution in [0.1, 0.15) is 30.0 Å². The summed E-state index contributed by atoms with van der Waals surface area (Å²) < 4.78 is 16.0. The first-order chi connectivity index (χ1) is 12.5. The SMILES string of the molecule is Cc1onc(-c2ccccc2)c1C(=O)OCC(=O)N1C[C@@H](C)O[C@@H](C)C1. The molecule has 1 aliphatic heterocycles. The fourth-order valence-electron chi connectivity index (χ4n) is 3.08. The highest BCUT2D eigenvalue weighted by molar-refractivity contribution is 5.98. The molecule has 0 radical (unpaired) electrons. The van der Waals surface area contributed by atoms with E-state index >= 15 is 0 Å². The van der Waals surface area contributed by atoms with Crippen molar-refractivity contribution in [3.05, 3.63) is 41.7 Å². The van der Waals surface area contributed by atoms with Gasteiger partial charge in [-0.3, -0.25) is 4.79 Å². The second-order valence-electron chi connectivity index (χ2n) is 6.46. The summed E-state index contributed by atoms with van der Waals surface area (Å²) in [5.41, 5.74) is 1.40. The monoisotopic (exact) mass is 358 g/mol. The lowest BCUT2D eigenvalue weighted by Crippen LogP contribution is -2.49. The van der Waals surface area contributed by atoms with Gasteiger partial charge in [0.2, 0.25) is 0 Å². The lowest BCUT2D eigenvalue weighted by Gasteiger charge is -2.35. The fraction of sp³-hybridized carbons (Fsp3) is 0.421. The normalized spacial score (nSPS) is 20.0. The van der Waals surface area contributed by atoms with Crippen LogP contribution in [0.4, 0.5) is 0 Å². The fourth-order valence-corrected chi connectivity index (χ4v) is 3.08. The molecule has 138 valence electrons. The third-order valence-corrected chi connectivity index (χ3v) is 4.21. The van der Waals surface area contributed by atoms with Crippen LogP contribution in [0.15, 0.2) is 34.9 Å². The third-order valence-electron chi connectivity index (χ3n) is 4.21. The van der Waals surface area contributed by atoms with E-state index in [1.54, 1.807) is 11.8 Å². The van der Waals surface area contributed by atoms with Gasteiger partial charge in [0.1, 0.15) is 17.0 Å². The zero-order valence-electron chi connectivity index (χ0n) is 15.1. The van der Waals surface area contributed by atoms with E-state index in [4.69, 9.17) is 14.0 Å². The zero-order valence-corrected chi connectivity index (χ0v) is 15.1. The molecule has 0 spiro atoms. The number of morpholine rings is 1. The molecule has 2 aromatic rings. The molecule has 1 aliphatic rings. The molecule has 0 saturated carbocycles. The lowest BCUT2D eigenvalue weighted by atomic mass is 10.1. The predicted octanol–water partition coefficient (Wildman–Crippen LogP) is 2.44. The van der Waals surface area contributed by atoms with Crippen molar-refractivity contribution in [2.45, 2.75) is 33.0 Å². The van der Waals surface area contributed by atoms with Crippen LogP contribution in [0.5, 0.6) is 0 Å². The van der Waals surface area contributed by atoms with Crippen molar-refractivity contribution in [3.63, 3.8) is 0 Å². The van der Waals surface area contributed by atoms with Crippen LogP contribution >= 0.6 is 0 Å². The van der Waals surface area contributed by atoms with Gasteiger partial charge >= 0.3 is 5.97 Å². The van der Waals surface area contributed by atoms with Gasteiger partial charge in [0.25, 0.3) is 5.91 Å². The molecule has 1 aromatic carbocycles. The van der Waals surface area contributed by atoms with E-state index in [0.717, 1.165) is 5.56 Å². The van der Waals surface area contributed by atoms with Crippen LogP contribution in [-0.4, -0.2) is 53.8 Å². The number of aryl methyl sites for hydroxylation is 1. The van der Waals surface area contributed by atoms with Gasteiger partial charge in [-0.05, 0) is 20.8 Å². The number of ether oxygens (including phenoxy) is 2. The lowest BCUT2D eigenvalue weighted by molar-refractivity contribution is -0.146. The van der Waals surface area contributed by atoms with Crippen LogP contribution in [0, 0.1) is 6.92 Å². The van der Waals surface area contributed by atoms with Crippen molar-refractivity contribution >= 4 is 11.9 Å². The van der Waals surface area contributed by atoms with E-state index in [9.17, 15) is 9.59 Å². The number of aromatic nitrogens is 1. The Morgan fingerprint density at radius 2 is 1.85 bits per heavy atom. The summed E-state index contributed by atoms with van der Waals surface area (Å²) in [6.45, 7) is 6.12. The molecule has 1 saturated heterocycles. The van der Waals surface area contributed by atoms with Crippen LogP contribution in [0.25, 0.3) is 11.3 Å². The molecule has 1 fully saturated rings. The van der Waals surface area contributed by atoms with Gasteiger partial charge in [-0.25, -0.2) is 4.79 Å². The van der Waals surface area contributed by atoms with Crippen molar-refractivity contribution in [2.24, 2.45) is 0 Å². The van der Waals surface area contributed by atoms with Crippen LogP contribution in [-0.2, 0) is 14.3 Å². The molecule has 7 nitrogen and oxygen atoms in total. The van der Waals surface area contributed by atoms with Gasteiger partial charge in [0, 0.05) is 18.7 Å².